The van der Waals surface area contributed by atoms with Gasteiger partial charge in [0.05, 0.1) is 12.2 Å². The van der Waals surface area contributed by atoms with Gasteiger partial charge in [-0.2, -0.15) is 0 Å². The van der Waals surface area contributed by atoms with E-state index >= 15 is 0 Å². The molecule has 0 spiro atoms. The Morgan fingerprint density at radius 1 is 1.38 bits per heavy atom. The zero-order valence-corrected chi connectivity index (χ0v) is 12.0. The van der Waals surface area contributed by atoms with E-state index in [4.69, 9.17) is 4.74 Å². The first-order valence-electron chi connectivity index (χ1n) is 7.00. The zero-order chi connectivity index (χ0) is 15.3. The van der Waals surface area contributed by atoms with E-state index in [1.165, 1.54) is 12.1 Å². The quantitative estimate of drug-likeness (QED) is 0.870. The maximum Gasteiger partial charge on any atom is 0.254 e. The van der Waals surface area contributed by atoms with Gasteiger partial charge in [0.25, 0.3) is 5.91 Å². The number of halogens is 2. The van der Waals surface area contributed by atoms with Gasteiger partial charge in [-0.1, -0.05) is 6.07 Å². The number of carbonyl (C=O) groups excluding carboxylic acids is 1. The van der Waals surface area contributed by atoms with E-state index in [1.807, 2.05) is 0 Å². The molecule has 1 saturated heterocycles. The lowest BCUT2D eigenvalue weighted by Crippen LogP contribution is -2.47. The molecule has 4 nitrogen and oxygen atoms in total. The first-order valence-corrected chi connectivity index (χ1v) is 7.00. The Morgan fingerprint density at radius 3 is 2.76 bits per heavy atom. The maximum absolute atomic E-state index is 13.6. The number of hydrogen-bond acceptors (Lipinski definition) is 3. The van der Waals surface area contributed by atoms with Gasteiger partial charge in [-0.3, -0.25) is 4.79 Å². The summed E-state index contributed by atoms with van der Waals surface area (Å²) in [5.74, 6) is -2.72. The molecular formula is C15H20F2N2O2. The van der Waals surface area contributed by atoms with Crippen LogP contribution in [0.15, 0.2) is 18.2 Å². The second kappa shape index (κ2) is 6.95. The highest BCUT2D eigenvalue weighted by Gasteiger charge is 2.32. The first kappa shape index (κ1) is 15.9. The van der Waals surface area contributed by atoms with Crippen molar-refractivity contribution in [2.45, 2.75) is 12.8 Å². The number of rotatable bonds is 5. The second-order valence-corrected chi connectivity index (χ2v) is 5.47. The summed E-state index contributed by atoms with van der Waals surface area (Å²) in [4.78, 5) is 12.0. The molecule has 1 heterocycles. The summed E-state index contributed by atoms with van der Waals surface area (Å²) in [6.07, 6.45) is 1.74. The zero-order valence-electron chi connectivity index (χ0n) is 12.0. The highest BCUT2D eigenvalue weighted by atomic mass is 19.2. The number of methoxy groups -OCH3 is 1. The highest BCUT2D eigenvalue weighted by molar-refractivity contribution is 5.94. The molecule has 2 N–H and O–H groups in total. The van der Waals surface area contributed by atoms with Crippen molar-refractivity contribution < 1.29 is 18.3 Å². The van der Waals surface area contributed by atoms with Crippen LogP contribution >= 0.6 is 0 Å². The Morgan fingerprint density at radius 2 is 2.10 bits per heavy atom. The minimum Gasteiger partial charge on any atom is -0.384 e. The van der Waals surface area contributed by atoms with Crippen LogP contribution in [-0.2, 0) is 4.74 Å². The van der Waals surface area contributed by atoms with E-state index in [0.29, 0.717) is 13.2 Å². The fourth-order valence-electron chi connectivity index (χ4n) is 2.68. The van der Waals surface area contributed by atoms with Crippen LogP contribution in [0.5, 0.6) is 0 Å². The Labute approximate surface area is 122 Å². The van der Waals surface area contributed by atoms with Crippen molar-refractivity contribution in [1.29, 1.82) is 0 Å². The lowest BCUT2D eigenvalue weighted by atomic mass is 9.79. The molecule has 0 aromatic heterocycles. The Bertz CT molecular complexity index is 497. The van der Waals surface area contributed by atoms with Gasteiger partial charge >= 0.3 is 0 Å². The van der Waals surface area contributed by atoms with Gasteiger partial charge in [0.15, 0.2) is 11.6 Å². The van der Waals surface area contributed by atoms with E-state index < -0.39 is 17.5 Å². The molecule has 0 aliphatic carbocycles. The average molecular weight is 298 g/mol. The van der Waals surface area contributed by atoms with Crippen LogP contribution in [0, 0.1) is 17.0 Å². The third kappa shape index (κ3) is 3.77. The molecule has 1 aliphatic heterocycles. The Hall–Kier alpha value is -1.53. The van der Waals surface area contributed by atoms with E-state index in [-0.39, 0.29) is 11.0 Å². The number of amides is 1. The molecule has 0 unspecified atom stereocenters. The molecule has 1 aliphatic rings. The van der Waals surface area contributed by atoms with Crippen molar-refractivity contribution in [3.63, 3.8) is 0 Å². The van der Waals surface area contributed by atoms with Crippen LogP contribution in [0.2, 0.25) is 0 Å². The molecule has 0 radical (unpaired) electrons. The van der Waals surface area contributed by atoms with Crippen molar-refractivity contribution in [3.05, 3.63) is 35.4 Å². The molecular weight excluding hydrogens is 278 g/mol. The van der Waals surface area contributed by atoms with Gasteiger partial charge in [0.1, 0.15) is 0 Å². The molecule has 0 atom stereocenters. The molecule has 1 fully saturated rings. The maximum atomic E-state index is 13.6. The summed E-state index contributed by atoms with van der Waals surface area (Å²) in [6.45, 7) is 2.62. The van der Waals surface area contributed by atoms with Crippen LogP contribution in [0.1, 0.15) is 23.2 Å². The Balaban J connectivity index is 2.03. The normalized spacial score (nSPS) is 17.5. The first-order chi connectivity index (χ1) is 10.1. The summed E-state index contributed by atoms with van der Waals surface area (Å²) in [5, 5.41) is 5.96. The minimum absolute atomic E-state index is 0.153. The monoisotopic (exact) mass is 298 g/mol. The van der Waals surface area contributed by atoms with Crippen molar-refractivity contribution in [2.75, 3.05) is 33.4 Å². The third-order valence-corrected chi connectivity index (χ3v) is 3.93. The fraction of sp³-hybridized carbons (Fsp3) is 0.533. The number of carbonyl (C=O) groups is 1. The summed E-state index contributed by atoms with van der Waals surface area (Å²) in [5.41, 5.74) is -0.420. The molecule has 2 rings (SSSR count). The van der Waals surface area contributed by atoms with Crippen LogP contribution in [-0.4, -0.2) is 39.3 Å². The molecule has 1 aromatic carbocycles. The van der Waals surface area contributed by atoms with E-state index in [2.05, 4.69) is 10.6 Å². The van der Waals surface area contributed by atoms with Gasteiger partial charge in [0, 0.05) is 19.1 Å². The molecule has 21 heavy (non-hydrogen) atoms. The molecule has 1 aromatic rings. The van der Waals surface area contributed by atoms with E-state index in [9.17, 15) is 13.6 Å². The smallest absolute Gasteiger partial charge is 0.254 e. The van der Waals surface area contributed by atoms with Gasteiger partial charge in [-0.05, 0) is 38.1 Å². The van der Waals surface area contributed by atoms with Crippen molar-refractivity contribution >= 4 is 5.91 Å². The van der Waals surface area contributed by atoms with Gasteiger partial charge in [-0.25, -0.2) is 8.78 Å². The van der Waals surface area contributed by atoms with Crippen LogP contribution < -0.4 is 10.6 Å². The third-order valence-electron chi connectivity index (χ3n) is 3.93. The Kier molecular flexibility index (Phi) is 5.25. The standard InChI is InChI=1S/C15H20F2N2O2/c1-21-10-15(5-7-18-8-6-15)9-19-14(20)11-3-2-4-12(16)13(11)17/h2-4,18H,5-10H2,1H3,(H,19,20). The van der Waals surface area contributed by atoms with E-state index in [0.717, 1.165) is 32.0 Å². The number of hydrogen-bond donors (Lipinski definition) is 2. The number of benzene rings is 1. The minimum atomic E-state index is -1.11. The van der Waals surface area contributed by atoms with E-state index in [1.54, 1.807) is 7.11 Å². The number of nitrogens with one attached hydrogen (secondary N) is 2. The second-order valence-electron chi connectivity index (χ2n) is 5.47. The number of piperidine rings is 1. The topological polar surface area (TPSA) is 50.4 Å². The molecule has 6 heteroatoms. The highest BCUT2D eigenvalue weighted by Crippen LogP contribution is 2.28. The number of ether oxygens (including phenoxy) is 1. The van der Waals surface area contributed by atoms with Crippen molar-refractivity contribution in [2.24, 2.45) is 5.41 Å². The average Bonchev–Trinajstić information content (AvgIpc) is 2.49. The SMILES string of the molecule is COCC1(CNC(=O)c2cccc(F)c2F)CCNCC1. The lowest BCUT2D eigenvalue weighted by molar-refractivity contribution is 0.0511. The summed E-state index contributed by atoms with van der Waals surface area (Å²) >= 11 is 0. The van der Waals surface area contributed by atoms with Gasteiger partial charge in [-0.15, -0.1) is 0 Å². The molecule has 1 amide bonds. The molecule has 0 bridgehead atoms. The van der Waals surface area contributed by atoms with Crippen LogP contribution in [0.4, 0.5) is 8.78 Å². The summed E-state index contributed by atoms with van der Waals surface area (Å²) < 4.78 is 32.0. The fourth-order valence-corrected chi connectivity index (χ4v) is 2.68. The predicted octanol–water partition coefficient (Wildman–Crippen LogP) is 1.71. The molecule has 116 valence electrons. The van der Waals surface area contributed by atoms with Crippen molar-refractivity contribution in [1.82, 2.24) is 10.6 Å². The van der Waals surface area contributed by atoms with Gasteiger partial charge in [0.2, 0.25) is 0 Å². The summed E-state index contributed by atoms with van der Waals surface area (Å²) in [6, 6.07) is 3.59. The van der Waals surface area contributed by atoms with Crippen LogP contribution in [0.3, 0.4) is 0 Å². The largest absolute Gasteiger partial charge is 0.384 e. The van der Waals surface area contributed by atoms with Crippen molar-refractivity contribution in [3.8, 4) is 0 Å². The summed E-state index contributed by atoms with van der Waals surface area (Å²) in [7, 11) is 1.62. The lowest BCUT2D eigenvalue weighted by Gasteiger charge is -2.37. The van der Waals surface area contributed by atoms with Gasteiger partial charge < -0.3 is 15.4 Å². The van der Waals surface area contributed by atoms with Crippen LogP contribution in [0.25, 0.3) is 0 Å². The molecule has 0 saturated carbocycles. The predicted molar refractivity (Wildman–Crippen MR) is 75.1 cm³/mol.